The minimum atomic E-state index is -2.74. The number of aliphatic carboxylic acids is 3. The van der Waals surface area contributed by atoms with Gasteiger partial charge >= 0.3 is 17.9 Å². The van der Waals surface area contributed by atoms with E-state index in [4.69, 9.17) is 25.5 Å². The number of aromatic nitrogens is 2. The van der Waals surface area contributed by atoms with Gasteiger partial charge in [-0.15, -0.1) is 0 Å². The van der Waals surface area contributed by atoms with Crippen molar-refractivity contribution in [3.05, 3.63) is 18.2 Å². The lowest BCUT2D eigenvalue weighted by molar-refractivity contribution is -0.170. The Morgan fingerprint density at radius 3 is 1.86 bits per heavy atom. The Morgan fingerprint density at radius 2 is 1.68 bits per heavy atom. The maximum absolute atomic E-state index is 10.3. The van der Waals surface area contributed by atoms with Crippen molar-refractivity contribution in [1.82, 2.24) is 9.55 Å². The Hall–Kier alpha value is -2.46. The summed E-state index contributed by atoms with van der Waals surface area (Å²) in [5, 5.41) is 42.8. The molecule has 0 aliphatic carbocycles. The number of aryl methyl sites for hydroxylation is 1. The van der Waals surface area contributed by atoms with Crippen LogP contribution in [0.2, 0.25) is 0 Å². The maximum Gasteiger partial charge on any atom is 0.336 e. The first-order chi connectivity index (χ1) is 9.99. The maximum atomic E-state index is 10.3. The number of carboxylic acids is 3. The lowest BCUT2D eigenvalue weighted by atomic mass is 9.96. The molecule has 0 amide bonds. The molecule has 0 spiro atoms. The molecule has 1 aromatic heterocycles. The van der Waals surface area contributed by atoms with Crippen molar-refractivity contribution in [2.24, 2.45) is 7.05 Å². The second kappa shape index (κ2) is 8.10. The first-order valence-corrected chi connectivity index (χ1v) is 6.04. The fourth-order valence-electron chi connectivity index (χ4n) is 1.49. The van der Waals surface area contributed by atoms with Crippen LogP contribution in [0.25, 0.3) is 0 Å². The van der Waals surface area contributed by atoms with E-state index in [2.05, 4.69) is 4.98 Å². The van der Waals surface area contributed by atoms with Gasteiger partial charge < -0.3 is 30.1 Å². The summed E-state index contributed by atoms with van der Waals surface area (Å²) < 4.78 is 1.80. The Morgan fingerprint density at radius 1 is 1.23 bits per heavy atom. The smallest absolute Gasteiger partial charge is 0.336 e. The van der Waals surface area contributed by atoms with Gasteiger partial charge in [0.1, 0.15) is 11.9 Å². The van der Waals surface area contributed by atoms with Gasteiger partial charge in [0.2, 0.25) is 0 Å². The fraction of sp³-hybridized carbons (Fsp3) is 0.500. The summed E-state index contributed by atoms with van der Waals surface area (Å²) in [6.45, 7) is 1.70. The fourth-order valence-corrected chi connectivity index (χ4v) is 1.49. The highest BCUT2D eigenvalue weighted by Gasteiger charge is 2.40. The average molecular weight is 318 g/mol. The molecule has 0 fully saturated rings. The van der Waals surface area contributed by atoms with Gasteiger partial charge in [-0.25, -0.2) is 9.78 Å². The van der Waals surface area contributed by atoms with Gasteiger partial charge in [-0.3, -0.25) is 9.59 Å². The summed E-state index contributed by atoms with van der Waals surface area (Å²) in [6.07, 6.45) is 0.720. The van der Waals surface area contributed by atoms with E-state index in [-0.39, 0.29) is 0 Å². The highest BCUT2D eigenvalue weighted by Crippen LogP contribution is 2.15. The molecule has 5 N–H and O–H groups in total. The van der Waals surface area contributed by atoms with Gasteiger partial charge in [0.05, 0.1) is 12.8 Å². The van der Waals surface area contributed by atoms with Crippen molar-refractivity contribution >= 4 is 17.9 Å². The quantitative estimate of drug-likeness (QED) is 0.451. The number of carbonyl (C=O) groups is 3. The molecule has 1 aromatic rings. The van der Waals surface area contributed by atoms with Crippen LogP contribution in [-0.2, 0) is 21.4 Å². The number of hydrogen-bond acceptors (Lipinski definition) is 6. The number of hydrogen-bond donors (Lipinski definition) is 5. The topological polar surface area (TPSA) is 170 Å². The molecule has 1 rings (SSSR count). The second-order valence-corrected chi connectivity index (χ2v) is 4.55. The molecule has 0 radical (unpaired) electrons. The summed E-state index contributed by atoms with van der Waals surface area (Å²) >= 11 is 0. The van der Waals surface area contributed by atoms with E-state index in [1.54, 1.807) is 17.7 Å². The SMILES string of the molecule is CC(O)c1nccn1C.O=C(O)CC(O)(CC(=O)O)C(=O)O. The van der Waals surface area contributed by atoms with E-state index in [1.165, 1.54) is 0 Å². The highest BCUT2D eigenvalue weighted by atomic mass is 16.4. The summed E-state index contributed by atoms with van der Waals surface area (Å²) in [6, 6.07) is 0. The largest absolute Gasteiger partial charge is 0.481 e. The van der Waals surface area contributed by atoms with Crippen molar-refractivity contribution in [2.75, 3.05) is 0 Å². The van der Waals surface area contributed by atoms with Crippen LogP contribution in [0, 0.1) is 0 Å². The molecule has 0 bridgehead atoms. The molecule has 124 valence electrons. The second-order valence-electron chi connectivity index (χ2n) is 4.55. The molecule has 10 nitrogen and oxygen atoms in total. The van der Waals surface area contributed by atoms with Crippen LogP contribution in [-0.4, -0.2) is 58.6 Å². The Kier molecular flexibility index (Phi) is 7.19. The van der Waals surface area contributed by atoms with E-state index < -0.39 is 42.5 Å². The molecule has 22 heavy (non-hydrogen) atoms. The summed E-state index contributed by atoms with van der Waals surface area (Å²) in [4.78, 5) is 34.4. The predicted molar refractivity (Wildman–Crippen MR) is 70.9 cm³/mol. The monoisotopic (exact) mass is 318 g/mol. The standard InChI is InChI=1S/C6H10N2O.C6H8O7/c1-5(9)6-7-3-4-8(6)2;7-3(8)1-6(13,5(11)12)2-4(9)10/h3-5,9H,1-2H3;13H,1-2H2,(H,7,8)(H,9,10)(H,11,12). The highest BCUT2D eigenvalue weighted by molar-refractivity contribution is 5.88. The third-order valence-electron chi connectivity index (χ3n) is 2.52. The summed E-state index contributed by atoms with van der Waals surface area (Å²) in [7, 11) is 1.86. The third kappa shape index (κ3) is 6.33. The van der Waals surface area contributed by atoms with Crippen molar-refractivity contribution in [1.29, 1.82) is 0 Å². The summed E-state index contributed by atoms with van der Waals surface area (Å²) in [5.41, 5.74) is -2.74. The number of carboxylic acid groups (broad SMARTS) is 3. The van der Waals surface area contributed by atoms with E-state index in [0.29, 0.717) is 5.82 Å². The number of nitrogens with zero attached hydrogens (tertiary/aromatic N) is 2. The van der Waals surface area contributed by atoms with Crippen LogP contribution in [0.5, 0.6) is 0 Å². The van der Waals surface area contributed by atoms with Crippen LogP contribution in [0.3, 0.4) is 0 Å². The number of aliphatic hydroxyl groups is 2. The van der Waals surface area contributed by atoms with Crippen LogP contribution < -0.4 is 0 Å². The van der Waals surface area contributed by atoms with Gasteiger partial charge in [-0.05, 0) is 6.92 Å². The van der Waals surface area contributed by atoms with Crippen molar-refractivity contribution in [3.63, 3.8) is 0 Å². The lowest BCUT2D eigenvalue weighted by Gasteiger charge is -2.18. The first-order valence-electron chi connectivity index (χ1n) is 6.04. The van der Waals surface area contributed by atoms with Gasteiger partial charge in [-0.1, -0.05) is 0 Å². The van der Waals surface area contributed by atoms with Crippen molar-refractivity contribution in [3.8, 4) is 0 Å². The molecule has 10 heteroatoms. The van der Waals surface area contributed by atoms with E-state index >= 15 is 0 Å². The molecular formula is C12H18N2O8. The molecule has 0 saturated heterocycles. The molecule has 0 saturated carbocycles. The molecule has 1 atom stereocenters. The molecule has 0 aliphatic heterocycles. The van der Waals surface area contributed by atoms with Gasteiger partial charge in [-0.2, -0.15) is 0 Å². The van der Waals surface area contributed by atoms with Crippen LogP contribution in [0.1, 0.15) is 31.7 Å². The van der Waals surface area contributed by atoms with Gasteiger partial charge in [0.15, 0.2) is 5.60 Å². The van der Waals surface area contributed by atoms with E-state index in [9.17, 15) is 14.4 Å². The minimum absolute atomic E-state index is 0.468. The summed E-state index contributed by atoms with van der Waals surface area (Å²) in [5.74, 6) is -4.32. The molecule has 1 heterocycles. The lowest BCUT2D eigenvalue weighted by Crippen LogP contribution is -2.42. The zero-order valence-corrected chi connectivity index (χ0v) is 12.0. The normalized spacial score (nSPS) is 12.0. The third-order valence-corrected chi connectivity index (χ3v) is 2.52. The van der Waals surface area contributed by atoms with Crippen molar-refractivity contribution < 1.29 is 39.9 Å². The van der Waals surface area contributed by atoms with Crippen LogP contribution in [0.15, 0.2) is 12.4 Å². The van der Waals surface area contributed by atoms with Gasteiger partial charge in [0.25, 0.3) is 0 Å². The van der Waals surface area contributed by atoms with Crippen LogP contribution >= 0.6 is 0 Å². The Bertz CT molecular complexity index is 521. The average Bonchev–Trinajstić information content (AvgIpc) is 2.73. The number of imidazole rings is 1. The Labute approximate surface area is 125 Å². The van der Waals surface area contributed by atoms with E-state index in [0.717, 1.165) is 0 Å². The Balaban J connectivity index is 0.000000425. The zero-order chi connectivity index (χ0) is 17.5. The minimum Gasteiger partial charge on any atom is -0.481 e. The predicted octanol–water partition coefficient (Wildman–Crippen LogP) is -0.775. The molecule has 1 unspecified atom stereocenters. The number of aliphatic hydroxyl groups excluding tert-OH is 1. The zero-order valence-electron chi connectivity index (χ0n) is 12.0. The van der Waals surface area contributed by atoms with Crippen LogP contribution in [0.4, 0.5) is 0 Å². The molecule has 0 aromatic carbocycles. The van der Waals surface area contributed by atoms with Gasteiger partial charge in [0, 0.05) is 19.4 Å². The van der Waals surface area contributed by atoms with Crippen molar-refractivity contribution in [2.45, 2.75) is 31.5 Å². The molecule has 0 aliphatic rings. The number of rotatable bonds is 6. The molecular weight excluding hydrogens is 300 g/mol. The van der Waals surface area contributed by atoms with E-state index in [1.807, 2.05) is 13.2 Å². The first kappa shape index (κ1) is 19.5.